The van der Waals surface area contributed by atoms with Crippen molar-refractivity contribution in [3.8, 4) is 11.5 Å². The van der Waals surface area contributed by atoms with Gasteiger partial charge in [0.05, 0.1) is 14.2 Å². The Morgan fingerprint density at radius 2 is 1.72 bits per heavy atom. The molecular weight excluding hydrogens is 374 g/mol. The number of amides is 1. The first-order chi connectivity index (χ1) is 12.0. The Morgan fingerprint density at radius 1 is 1.08 bits per heavy atom. The first-order valence-corrected chi connectivity index (χ1v) is 11.8. The Hall–Kier alpha value is -0.660. The average molecular weight is 404 g/mol. The van der Waals surface area contributed by atoms with Gasteiger partial charge in [-0.25, -0.2) is 0 Å². The second-order valence-electron chi connectivity index (χ2n) is 5.44. The molecule has 0 heterocycles. The van der Waals surface area contributed by atoms with E-state index in [1.165, 1.54) is 0 Å². The molecule has 1 N–H and O–H groups in total. The molecule has 0 saturated carbocycles. The quantitative estimate of drug-likeness (QED) is 0.526. The number of carbonyl (C=O) groups is 1. The molecule has 1 aromatic carbocycles. The first kappa shape index (κ1) is 22.4. The van der Waals surface area contributed by atoms with Crippen molar-refractivity contribution in [1.82, 2.24) is 5.32 Å². The molecule has 1 aromatic rings. The van der Waals surface area contributed by atoms with Crippen LogP contribution in [0.5, 0.6) is 11.5 Å². The Kier molecular flexibility index (Phi) is 10.6. The number of nitrogens with one attached hydrogen (secondary N) is 1. The number of ether oxygens (including phenoxy) is 2. The highest BCUT2D eigenvalue weighted by Gasteiger charge is 2.26. The molecule has 0 spiro atoms. The van der Waals surface area contributed by atoms with Gasteiger partial charge in [0, 0.05) is 13.0 Å². The SMILES string of the molecule is COc1ccc(CCNC(=O)CCCC(SC)(SC)SC)cc1OC. The zero-order valence-electron chi connectivity index (χ0n) is 15.7. The van der Waals surface area contributed by atoms with E-state index in [9.17, 15) is 4.79 Å². The zero-order chi connectivity index (χ0) is 18.7. The van der Waals surface area contributed by atoms with Crippen molar-refractivity contribution < 1.29 is 14.3 Å². The summed E-state index contributed by atoms with van der Waals surface area (Å²) in [7, 11) is 3.25. The van der Waals surface area contributed by atoms with Gasteiger partial charge in [-0.1, -0.05) is 6.07 Å². The fourth-order valence-electron chi connectivity index (χ4n) is 2.49. The summed E-state index contributed by atoms with van der Waals surface area (Å²) in [6.45, 7) is 0.632. The summed E-state index contributed by atoms with van der Waals surface area (Å²) in [5.41, 5.74) is 1.11. The van der Waals surface area contributed by atoms with E-state index in [0.29, 0.717) is 18.7 Å². The molecule has 142 valence electrons. The Balaban J connectivity index is 2.35. The topological polar surface area (TPSA) is 47.6 Å². The van der Waals surface area contributed by atoms with Crippen LogP contribution < -0.4 is 14.8 Å². The molecule has 1 amide bonds. The van der Waals surface area contributed by atoms with E-state index in [1.807, 2.05) is 53.5 Å². The van der Waals surface area contributed by atoms with E-state index in [4.69, 9.17) is 9.47 Å². The van der Waals surface area contributed by atoms with Gasteiger partial charge in [0.2, 0.25) is 5.91 Å². The summed E-state index contributed by atoms with van der Waals surface area (Å²) >= 11 is 5.59. The monoisotopic (exact) mass is 403 g/mol. The summed E-state index contributed by atoms with van der Waals surface area (Å²) in [6.07, 6.45) is 9.69. The van der Waals surface area contributed by atoms with Crippen molar-refractivity contribution in [2.24, 2.45) is 0 Å². The Bertz CT molecular complexity index is 528. The zero-order valence-corrected chi connectivity index (χ0v) is 18.2. The predicted octanol–water partition coefficient (Wildman–Crippen LogP) is 4.28. The van der Waals surface area contributed by atoms with Crippen molar-refractivity contribution in [3.05, 3.63) is 23.8 Å². The van der Waals surface area contributed by atoms with Gasteiger partial charge < -0.3 is 14.8 Å². The van der Waals surface area contributed by atoms with Gasteiger partial charge in [-0.3, -0.25) is 4.79 Å². The van der Waals surface area contributed by atoms with Crippen LogP contribution in [0.3, 0.4) is 0 Å². The molecule has 0 aromatic heterocycles. The molecular formula is C18H29NO3S3. The molecule has 25 heavy (non-hydrogen) atoms. The third-order valence-corrected chi connectivity index (χ3v) is 9.48. The van der Waals surface area contributed by atoms with Crippen molar-refractivity contribution in [1.29, 1.82) is 0 Å². The number of methoxy groups -OCH3 is 2. The van der Waals surface area contributed by atoms with E-state index in [1.54, 1.807) is 14.2 Å². The Morgan fingerprint density at radius 3 is 2.28 bits per heavy atom. The third kappa shape index (κ3) is 7.23. The molecule has 0 saturated heterocycles. The second kappa shape index (κ2) is 11.9. The fraction of sp³-hybridized carbons (Fsp3) is 0.611. The number of carbonyl (C=O) groups excluding carboxylic acids is 1. The normalized spacial score (nSPS) is 11.2. The molecule has 1 rings (SSSR count). The van der Waals surface area contributed by atoms with Gasteiger partial charge in [0.1, 0.15) is 3.41 Å². The molecule has 0 fully saturated rings. The van der Waals surface area contributed by atoms with Gasteiger partial charge >= 0.3 is 0 Å². The highest BCUT2D eigenvalue weighted by Crippen LogP contribution is 2.46. The Labute approximate surface area is 164 Å². The lowest BCUT2D eigenvalue weighted by Crippen LogP contribution is -2.26. The average Bonchev–Trinajstić information content (AvgIpc) is 2.65. The molecule has 0 atom stereocenters. The van der Waals surface area contributed by atoms with E-state index < -0.39 is 0 Å². The lowest BCUT2D eigenvalue weighted by atomic mass is 10.1. The van der Waals surface area contributed by atoms with E-state index >= 15 is 0 Å². The molecule has 0 aliphatic rings. The minimum Gasteiger partial charge on any atom is -0.493 e. The van der Waals surface area contributed by atoms with Gasteiger partial charge in [0.25, 0.3) is 0 Å². The summed E-state index contributed by atoms with van der Waals surface area (Å²) in [6, 6.07) is 5.84. The number of hydrogen-bond donors (Lipinski definition) is 1. The molecule has 0 aliphatic heterocycles. The maximum Gasteiger partial charge on any atom is 0.220 e. The van der Waals surface area contributed by atoms with Gasteiger partial charge in [-0.15, -0.1) is 35.3 Å². The summed E-state index contributed by atoms with van der Waals surface area (Å²) in [5, 5.41) is 3.01. The van der Waals surface area contributed by atoms with Crippen LogP contribution in [0.4, 0.5) is 0 Å². The van der Waals surface area contributed by atoms with Crippen LogP contribution in [0.1, 0.15) is 24.8 Å². The second-order valence-corrected chi connectivity index (χ2v) is 9.53. The maximum atomic E-state index is 12.0. The molecule has 7 heteroatoms. The van der Waals surface area contributed by atoms with Crippen LogP contribution in [-0.4, -0.2) is 48.8 Å². The first-order valence-electron chi connectivity index (χ1n) is 8.17. The van der Waals surface area contributed by atoms with E-state index in [2.05, 4.69) is 24.1 Å². The van der Waals surface area contributed by atoms with Gasteiger partial charge in [-0.2, -0.15) is 0 Å². The lowest BCUT2D eigenvalue weighted by Gasteiger charge is -2.27. The molecule has 0 aliphatic carbocycles. The summed E-state index contributed by atoms with van der Waals surface area (Å²) in [4.78, 5) is 12.0. The molecule has 4 nitrogen and oxygen atoms in total. The molecule has 0 unspecified atom stereocenters. The van der Waals surface area contributed by atoms with Crippen LogP contribution in [0.15, 0.2) is 18.2 Å². The minimum absolute atomic E-state index is 0.123. The largest absolute Gasteiger partial charge is 0.493 e. The van der Waals surface area contributed by atoms with Crippen molar-refractivity contribution in [2.75, 3.05) is 39.5 Å². The number of thioether (sulfide) groups is 3. The summed E-state index contributed by atoms with van der Waals surface area (Å²) in [5.74, 6) is 1.56. The molecule has 0 radical (unpaired) electrons. The van der Waals surface area contributed by atoms with Crippen molar-refractivity contribution in [2.45, 2.75) is 29.1 Å². The van der Waals surface area contributed by atoms with Crippen LogP contribution >= 0.6 is 35.3 Å². The van der Waals surface area contributed by atoms with Crippen LogP contribution in [0.2, 0.25) is 0 Å². The number of rotatable bonds is 12. The third-order valence-electron chi connectivity index (χ3n) is 4.00. The van der Waals surface area contributed by atoms with Crippen LogP contribution in [-0.2, 0) is 11.2 Å². The standard InChI is InChI=1S/C18H29NO3S3/c1-21-15-9-8-14(13-16(15)22-2)10-12-19-17(20)7-6-11-18(23-3,24-4)25-5/h8-9,13H,6-7,10-12H2,1-5H3,(H,19,20). The highest BCUT2D eigenvalue weighted by atomic mass is 32.3. The van der Waals surface area contributed by atoms with E-state index in [-0.39, 0.29) is 9.32 Å². The van der Waals surface area contributed by atoms with E-state index in [0.717, 1.165) is 30.6 Å². The lowest BCUT2D eigenvalue weighted by molar-refractivity contribution is -0.121. The van der Waals surface area contributed by atoms with Crippen molar-refractivity contribution in [3.63, 3.8) is 0 Å². The minimum atomic E-state index is 0.123. The predicted molar refractivity (Wildman–Crippen MR) is 113 cm³/mol. The van der Waals surface area contributed by atoms with Crippen LogP contribution in [0, 0.1) is 0 Å². The molecule has 0 bridgehead atoms. The summed E-state index contributed by atoms with van der Waals surface area (Å²) < 4.78 is 10.7. The maximum absolute atomic E-state index is 12.0. The van der Waals surface area contributed by atoms with Gasteiger partial charge in [-0.05, 0) is 55.7 Å². The fourth-order valence-corrected chi connectivity index (χ4v) is 5.54. The smallest absolute Gasteiger partial charge is 0.220 e. The van der Waals surface area contributed by atoms with Gasteiger partial charge in [0.15, 0.2) is 11.5 Å². The number of hydrogen-bond acceptors (Lipinski definition) is 6. The van der Waals surface area contributed by atoms with Crippen LogP contribution in [0.25, 0.3) is 0 Å². The number of benzene rings is 1. The highest BCUT2D eigenvalue weighted by molar-refractivity contribution is 8.33. The van der Waals surface area contributed by atoms with Crippen molar-refractivity contribution >= 4 is 41.2 Å².